The average Bonchev–Trinajstić information content (AvgIpc) is 2.83. The molecule has 2 rings (SSSR count). The van der Waals surface area contributed by atoms with Gasteiger partial charge in [0.25, 0.3) is 5.91 Å². The Morgan fingerprint density at radius 3 is 2.90 bits per heavy atom. The zero-order chi connectivity index (χ0) is 14.5. The number of carbonyl (C=O) groups is 1. The molecule has 0 radical (unpaired) electrons. The number of amides is 1. The van der Waals surface area contributed by atoms with E-state index in [2.05, 4.69) is 22.3 Å². The lowest BCUT2D eigenvalue weighted by molar-refractivity contribution is 0.102. The van der Waals surface area contributed by atoms with Gasteiger partial charge in [0.15, 0.2) is 0 Å². The topological polar surface area (TPSA) is 67.2 Å². The van der Waals surface area contributed by atoms with Crippen LogP contribution in [0.4, 0.5) is 5.82 Å². The standard InChI is InChI=1S/C15H15N3O2/c1-11-5-6-12(4-3-9-19)13(10-11)15(20)17-14-7-8-16-18(14)2/h5-8,10,19H,9H2,1-2H3,(H,17,20). The van der Waals surface area contributed by atoms with Gasteiger partial charge in [-0.25, -0.2) is 0 Å². The zero-order valence-corrected chi connectivity index (χ0v) is 11.3. The highest BCUT2D eigenvalue weighted by molar-refractivity contribution is 6.05. The largest absolute Gasteiger partial charge is 0.384 e. The van der Waals surface area contributed by atoms with Crippen molar-refractivity contribution in [3.05, 3.63) is 47.2 Å². The first kappa shape index (κ1) is 13.8. The van der Waals surface area contributed by atoms with Gasteiger partial charge >= 0.3 is 0 Å². The molecular formula is C15H15N3O2. The number of carbonyl (C=O) groups excluding carboxylic acids is 1. The minimum absolute atomic E-state index is 0.239. The first-order valence-corrected chi connectivity index (χ1v) is 6.11. The molecule has 0 bridgehead atoms. The highest BCUT2D eigenvalue weighted by Crippen LogP contribution is 2.14. The Hall–Kier alpha value is -2.58. The molecule has 1 aromatic carbocycles. The predicted molar refractivity (Wildman–Crippen MR) is 76.3 cm³/mol. The Balaban J connectivity index is 2.33. The second-order valence-corrected chi connectivity index (χ2v) is 4.30. The number of rotatable bonds is 2. The van der Waals surface area contributed by atoms with Crippen LogP contribution in [0.15, 0.2) is 30.5 Å². The fourth-order valence-corrected chi connectivity index (χ4v) is 1.77. The Morgan fingerprint density at radius 2 is 2.25 bits per heavy atom. The number of nitrogens with zero attached hydrogens (tertiary/aromatic N) is 2. The van der Waals surface area contributed by atoms with Gasteiger partial charge in [-0.05, 0) is 19.1 Å². The average molecular weight is 269 g/mol. The minimum atomic E-state index is -0.250. The number of aliphatic hydroxyl groups is 1. The first-order chi connectivity index (χ1) is 9.61. The van der Waals surface area contributed by atoms with E-state index < -0.39 is 0 Å². The van der Waals surface area contributed by atoms with Crippen LogP contribution in [-0.4, -0.2) is 27.4 Å². The molecule has 0 atom stereocenters. The summed E-state index contributed by atoms with van der Waals surface area (Å²) in [5.41, 5.74) is 2.03. The molecule has 0 spiro atoms. The fraction of sp³-hybridized carbons (Fsp3) is 0.200. The third-order valence-corrected chi connectivity index (χ3v) is 2.78. The van der Waals surface area contributed by atoms with Gasteiger partial charge in [-0.1, -0.05) is 23.5 Å². The number of aryl methyl sites for hydroxylation is 2. The van der Waals surface area contributed by atoms with E-state index in [4.69, 9.17) is 5.11 Å². The summed E-state index contributed by atoms with van der Waals surface area (Å²) in [6.45, 7) is 1.67. The maximum atomic E-state index is 12.3. The van der Waals surface area contributed by atoms with Crippen molar-refractivity contribution in [3.63, 3.8) is 0 Å². The number of aromatic nitrogens is 2. The Kier molecular flexibility index (Phi) is 4.18. The van der Waals surface area contributed by atoms with Crippen molar-refractivity contribution in [1.29, 1.82) is 0 Å². The van der Waals surface area contributed by atoms with E-state index in [1.54, 1.807) is 36.1 Å². The number of benzene rings is 1. The molecular weight excluding hydrogens is 254 g/mol. The molecule has 0 saturated carbocycles. The van der Waals surface area contributed by atoms with Gasteiger partial charge in [-0.3, -0.25) is 9.48 Å². The van der Waals surface area contributed by atoms with Crippen molar-refractivity contribution in [3.8, 4) is 11.8 Å². The lowest BCUT2D eigenvalue weighted by Gasteiger charge is -2.08. The van der Waals surface area contributed by atoms with E-state index in [9.17, 15) is 4.79 Å². The quantitative estimate of drug-likeness (QED) is 0.808. The Labute approximate surface area is 117 Å². The number of hydrogen-bond donors (Lipinski definition) is 2. The SMILES string of the molecule is Cc1ccc(C#CCO)c(C(=O)Nc2ccnn2C)c1. The monoisotopic (exact) mass is 269 g/mol. The van der Waals surface area contributed by atoms with Crippen LogP contribution in [0.5, 0.6) is 0 Å². The second kappa shape index (κ2) is 6.04. The number of anilines is 1. The fourth-order valence-electron chi connectivity index (χ4n) is 1.77. The molecule has 0 fully saturated rings. The molecule has 5 heteroatoms. The summed E-state index contributed by atoms with van der Waals surface area (Å²) in [6, 6.07) is 7.14. The maximum absolute atomic E-state index is 12.3. The van der Waals surface area contributed by atoms with Crippen molar-refractivity contribution in [2.45, 2.75) is 6.92 Å². The lowest BCUT2D eigenvalue weighted by Crippen LogP contribution is -2.16. The van der Waals surface area contributed by atoms with Crippen LogP contribution >= 0.6 is 0 Å². The molecule has 102 valence electrons. The van der Waals surface area contributed by atoms with Crippen molar-refractivity contribution in [1.82, 2.24) is 9.78 Å². The summed E-state index contributed by atoms with van der Waals surface area (Å²) < 4.78 is 1.58. The summed E-state index contributed by atoms with van der Waals surface area (Å²) in [5, 5.41) is 15.5. The van der Waals surface area contributed by atoms with E-state index in [0.29, 0.717) is 16.9 Å². The molecule has 0 aliphatic heterocycles. The van der Waals surface area contributed by atoms with E-state index >= 15 is 0 Å². The van der Waals surface area contributed by atoms with Gasteiger partial charge < -0.3 is 10.4 Å². The molecule has 1 aromatic heterocycles. The Bertz CT molecular complexity index is 693. The van der Waals surface area contributed by atoms with Crippen molar-refractivity contribution in [2.75, 3.05) is 11.9 Å². The van der Waals surface area contributed by atoms with Gasteiger partial charge in [-0.15, -0.1) is 0 Å². The van der Waals surface area contributed by atoms with E-state index in [0.717, 1.165) is 5.56 Å². The third kappa shape index (κ3) is 3.05. The highest BCUT2D eigenvalue weighted by Gasteiger charge is 2.12. The molecule has 5 nitrogen and oxygen atoms in total. The van der Waals surface area contributed by atoms with Crippen LogP contribution in [0.1, 0.15) is 21.5 Å². The molecule has 0 unspecified atom stereocenters. The van der Waals surface area contributed by atoms with Gasteiger partial charge in [0.1, 0.15) is 12.4 Å². The van der Waals surface area contributed by atoms with E-state index in [1.165, 1.54) is 0 Å². The number of nitrogens with one attached hydrogen (secondary N) is 1. The molecule has 20 heavy (non-hydrogen) atoms. The second-order valence-electron chi connectivity index (χ2n) is 4.30. The number of hydrogen-bond acceptors (Lipinski definition) is 3. The number of aliphatic hydroxyl groups excluding tert-OH is 1. The summed E-state index contributed by atoms with van der Waals surface area (Å²) >= 11 is 0. The Morgan fingerprint density at radius 1 is 1.45 bits per heavy atom. The predicted octanol–water partition coefficient (Wildman–Crippen LogP) is 1.32. The van der Waals surface area contributed by atoms with Crippen LogP contribution in [0.25, 0.3) is 0 Å². The summed E-state index contributed by atoms with van der Waals surface area (Å²) in [6.07, 6.45) is 1.61. The van der Waals surface area contributed by atoms with Crippen LogP contribution < -0.4 is 5.32 Å². The van der Waals surface area contributed by atoms with Gasteiger partial charge in [-0.2, -0.15) is 5.10 Å². The van der Waals surface area contributed by atoms with Crippen LogP contribution in [0, 0.1) is 18.8 Å². The molecule has 1 heterocycles. The van der Waals surface area contributed by atoms with Crippen LogP contribution in [0.3, 0.4) is 0 Å². The maximum Gasteiger partial charge on any atom is 0.258 e. The smallest absolute Gasteiger partial charge is 0.258 e. The first-order valence-electron chi connectivity index (χ1n) is 6.11. The van der Waals surface area contributed by atoms with Gasteiger partial charge in [0.2, 0.25) is 0 Å². The molecule has 2 aromatic rings. The molecule has 1 amide bonds. The lowest BCUT2D eigenvalue weighted by atomic mass is 10.0. The normalized spacial score (nSPS) is 9.75. The third-order valence-electron chi connectivity index (χ3n) is 2.78. The molecule has 0 aliphatic carbocycles. The van der Waals surface area contributed by atoms with Crippen LogP contribution in [-0.2, 0) is 7.05 Å². The zero-order valence-electron chi connectivity index (χ0n) is 11.3. The molecule has 0 aliphatic rings. The van der Waals surface area contributed by atoms with E-state index in [1.807, 2.05) is 13.0 Å². The van der Waals surface area contributed by atoms with Gasteiger partial charge in [0, 0.05) is 18.7 Å². The van der Waals surface area contributed by atoms with Gasteiger partial charge in [0.05, 0.1) is 11.8 Å². The van der Waals surface area contributed by atoms with Crippen molar-refractivity contribution >= 4 is 11.7 Å². The van der Waals surface area contributed by atoms with Crippen LogP contribution in [0.2, 0.25) is 0 Å². The summed E-state index contributed by atoms with van der Waals surface area (Å²) in [7, 11) is 1.75. The minimum Gasteiger partial charge on any atom is -0.384 e. The summed E-state index contributed by atoms with van der Waals surface area (Å²) in [4.78, 5) is 12.3. The highest BCUT2D eigenvalue weighted by atomic mass is 16.2. The van der Waals surface area contributed by atoms with E-state index in [-0.39, 0.29) is 12.5 Å². The van der Waals surface area contributed by atoms with Crippen molar-refractivity contribution < 1.29 is 9.90 Å². The summed E-state index contributed by atoms with van der Waals surface area (Å²) in [5.74, 6) is 5.70. The molecule has 2 N–H and O–H groups in total. The molecule has 0 saturated heterocycles. The van der Waals surface area contributed by atoms with Crippen molar-refractivity contribution in [2.24, 2.45) is 7.05 Å².